The predicted molar refractivity (Wildman–Crippen MR) is 106 cm³/mol. The van der Waals surface area contributed by atoms with Crippen molar-refractivity contribution in [1.29, 1.82) is 0 Å². The molecular formula is C17H22N6O5. The highest BCUT2D eigenvalue weighted by Crippen LogP contribution is 2.23. The third kappa shape index (κ3) is 4.55. The number of unbranched alkanes of at least 4 members (excludes halogenated alkanes) is 1. The van der Waals surface area contributed by atoms with Crippen molar-refractivity contribution in [2.75, 3.05) is 29.5 Å². The summed E-state index contributed by atoms with van der Waals surface area (Å²) in [5.41, 5.74) is 4.45. The Labute approximate surface area is 159 Å². The van der Waals surface area contributed by atoms with Crippen molar-refractivity contribution in [2.45, 2.75) is 26.3 Å². The first kappa shape index (κ1) is 20.7. The van der Waals surface area contributed by atoms with Crippen LogP contribution < -0.4 is 27.2 Å². The van der Waals surface area contributed by atoms with Crippen molar-refractivity contribution in [3.05, 3.63) is 55.2 Å². The Morgan fingerprint density at radius 1 is 1.36 bits per heavy atom. The van der Waals surface area contributed by atoms with E-state index < -0.39 is 22.1 Å². The summed E-state index contributed by atoms with van der Waals surface area (Å²) in [5.74, 6) is -0.620. The minimum absolute atomic E-state index is 0.0200. The van der Waals surface area contributed by atoms with Crippen molar-refractivity contribution in [1.82, 2.24) is 9.55 Å². The maximum absolute atomic E-state index is 12.3. The van der Waals surface area contributed by atoms with Crippen LogP contribution in [0.15, 0.2) is 33.9 Å². The molecule has 0 bridgehead atoms. The van der Waals surface area contributed by atoms with Gasteiger partial charge in [0.1, 0.15) is 17.2 Å². The number of hydrogen-bond acceptors (Lipinski definition) is 7. The highest BCUT2D eigenvalue weighted by Gasteiger charge is 2.20. The Hall–Kier alpha value is -3.63. The van der Waals surface area contributed by atoms with E-state index in [1.807, 2.05) is 6.92 Å². The number of anilines is 3. The number of para-hydroxylation sites is 2. The molecule has 0 unspecified atom stereocenters. The Balaban J connectivity index is 2.24. The van der Waals surface area contributed by atoms with E-state index in [0.29, 0.717) is 13.0 Å². The topological polar surface area (TPSA) is 156 Å². The van der Waals surface area contributed by atoms with Crippen LogP contribution in [0.4, 0.5) is 22.9 Å². The van der Waals surface area contributed by atoms with Gasteiger partial charge in [0.25, 0.3) is 11.2 Å². The molecule has 0 saturated heterocycles. The molecule has 1 aromatic heterocycles. The van der Waals surface area contributed by atoms with Crippen LogP contribution in [0.3, 0.4) is 0 Å². The van der Waals surface area contributed by atoms with Gasteiger partial charge in [-0.05, 0) is 12.5 Å². The Morgan fingerprint density at radius 3 is 2.68 bits per heavy atom. The van der Waals surface area contributed by atoms with Crippen LogP contribution in [-0.4, -0.2) is 34.0 Å². The zero-order valence-electron chi connectivity index (χ0n) is 15.6. The van der Waals surface area contributed by atoms with Gasteiger partial charge in [0.05, 0.1) is 11.5 Å². The fourth-order valence-corrected chi connectivity index (χ4v) is 2.71. The average Bonchev–Trinajstić information content (AvgIpc) is 2.61. The molecule has 0 aliphatic rings. The highest BCUT2D eigenvalue weighted by molar-refractivity contribution is 5.96. The van der Waals surface area contributed by atoms with E-state index in [0.717, 1.165) is 6.42 Å². The number of carbonyl (C=O) groups is 1. The van der Waals surface area contributed by atoms with Crippen molar-refractivity contribution in [3.63, 3.8) is 0 Å². The van der Waals surface area contributed by atoms with Crippen LogP contribution in [0, 0.1) is 10.1 Å². The summed E-state index contributed by atoms with van der Waals surface area (Å²) in [4.78, 5) is 50.4. The Morgan fingerprint density at radius 2 is 2.04 bits per heavy atom. The maximum atomic E-state index is 12.3. The summed E-state index contributed by atoms with van der Waals surface area (Å²) >= 11 is 0. The number of H-pyrrole nitrogens is 1. The van der Waals surface area contributed by atoms with Gasteiger partial charge in [0.2, 0.25) is 5.91 Å². The van der Waals surface area contributed by atoms with Crippen LogP contribution in [0.5, 0.6) is 0 Å². The number of likely N-dealkylation sites (N-methyl/N-ethyl adjacent to an activating group) is 1. The lowest BCUT2D eigenvalue weighted by atomic mass is 10.2. The zero-order chi connectivity index (χ0) is 20.8. The number of nitrogens with one attached hydrogen (secondary N) is 2. The fourth-order valence-electron chi connectivity index (χ4n) is 2.71. The quantitative estimate of drug-likeness (QED) is 0.446. The molecular weight excluding hydrogens is 368 g/mol. The second kappa shape index (κ2) is 8.84. The molecule has 0 fully saturated rings. The van der Waals surface area contributed by atoms with Gasteiger partial charge in [-0.25, -0.2) is 4.79 Å². The van der Waals surface area contributed by atoms with Gasteiger partial charge < -0.3 is 16.0 Å². The molecule has 11 nitrogen and oxygen atoms in total. The smallest absolute Gasteiger partial charge is 0.330 e. The molecule has 11 heteroatoms. The van der Waals surface area contributed by atoms with Gasteiger partial charge in [-0.15, -0.1) is 0 Å². The molecule has 1 heterocycles. The van der Waals surface area contributed by atoms with Gasteiger partial charge in [-0.3, -0.25) is 29.3 Å². The molecule has 1 aromatic carbocycles. The number of benzene rings is 1. The summed E-state index contributed by atoms with van der Waals surface area (Å²) in [5, 5.41) is 13.5. The lowest BCUT2D eigenvalue weighted by molar-refractivity contribution is -0.383. The minimum atomic E-state index is -0.712. The highest BCUT2D eigenvalue weighted by atomic mass is 16.6. The van der Waals surface area contributed by atoms with E-state index in [-0.39, 0.29) is 29.4 Å². The molecule has 28 heavy (non-hydrogen) atoms. The lowest BCUT2D eigenvalue weighted by Gasteiger charge is -2.21. The normalized spacial score (nSPS) is 10.5. The van der Waals surface area contributed by atoms with E-state index in [4.69, 9.17) is 5.73 Å². The number of hydrogen-bond donors (Lipinski definition) is 3. The molecule has 0 saturated carbocycles. The minimum Gasteiger partial charge on any atom is -0.383 e. The number of carbonyl (C=O) groups excluding carboxylic acids is 1. The monoisotopic (exact) mass is 390 g/mol. The molecule has 2 aromatic rings. The largest absolute Gasteiger partial charge is 0.383 e. The summed E-state index contributed by atoms with van der Waals surface area (Å²) in [6, 6.07) is 5.71. The average molecular weight is 390 g/mol. The van der Waals surface area contributed by atoms with Crippen molar-refractivity contribution < 1.29 is 9.72 Å². The molecule has 0 radical (unpaired) electrons. The van der Waals surface area contributed by atoms with E-state index >= 15 is 0 Å². The molecule has 4 N–H and O–H groups in total. The Kier molecular flexibility index (Phi) is 6.53. The van der Waals surface area contributed by atoms with E-state index in [2.05, 4.69) is 10.3 Å². The maximum Gasteiger partial charge on any atom is 0.330 e. The molecule has 0 aliphatic heterocycles. The van der Waals surface area contributed by atoms with Gasteiger partial charge in [-0.2, -0.15) is 0 Å². The molecule has 1 amide bonds. The van der Waals surface area contributed by atoms with Crippen LogP contribution in [0.1, 0.15) is 19.8 Å². The number of nitrogens with two attached hydrogens (primary N) is 1. The number of nitro benzene ring substituents is 1. The second-order valence-corrected chi connectivity index (χ2v) is 6.18. The molecule has 0 atom stereocenters. The molecule has 150 valence electrons. The van der Waals surface area contributed by atoms with Crippen molar-refractivity contribution in [3.8, 4) is 0 Å². The summed E-state index contributed by atoms with van der Waals surface area (Å²) in [6.45, 7) is 1.99. The van der Waals surface area contributed by atoms with E-state index in [9.17, 15) is 24.5 Å². The first-order valence-corrected chi connectivity index (χ1v) is 8.63. The number of rotatable bonds is 8. The number of aromatic amines is 1. The van der Waals surface area contributed by atoms with Crippen LogP contribution in [-0.2, 0) is 11.3 Å². The lowest BCUT2D eigenvalue weighted by Crippen LogP contribution is -2.39. The van der Waals surface area contributed by atoms with Gasteiger partial charge in [0, 0.05) is 19.7 Å². The molecule has 0 aliphatic carbocycles. The number of nitrogen functional groups attached to an aromatic ring is 1. The van der Waals surface area contributed by atoms with Crippen LogP contribution in [0.25, 0.3) is 0 Å². The van der Waals surface area contributed by atoms with Crippen LogP contribution >= 0.6 is 0 Å². The number of nitro groups is 1. The SMILES string of the molecule is CCCCn1c(N)c(N(C)CC(=O)Nc2ccccc2[N+](=O)[O-])c(=O)[nH]c1=O. The summed E-state index contributed by atoms with van der Waals surface area (Å²) in [7, 11) is 1.47. The molecule has 0 spiro atoms. The van der Waals surface area contributed by atoms with Crippen molar-refractivity contribution in [2.24, 2.45) is 0 Å². The van der Waals surface area contributed by atoms with Gasteiger partial charge in [0.15, 0.2) is 0 Å². The number of nitrogens with zero attached hydrogens (tertiary/aromatic N) is 3. The van der Waals surface area contributed by atoms with E-state index in [1.165, 1.54) is 34.7 Å². The third-order valence-corrected chi connectivity index (χ3v) is 4.09. The standard InChI is InChI=1S/C17H22N6O5/c1-3-4-9-22-15(18)14(16(25)20-17(22)26)21(2)10-13(24)19-11-7-5-6-8-12(11)23(27)28/h5-8H,3-4,9-10,18H2,1-2H3,(H,19,24)(H,20,25,26). The zero-order valence-corrected chi connectivity index (χ0v) is 15.6. The van der Waals surface area contributed by atoms with Gasteiger partial charge in [-0.1, -0.05) is 25.5 Å². The fraction of sp³-hybridized carbons (Fsp3) is 0.353. The van der Waals surface area contributed by atoms with Crippen LogP contribution in [0.2, 0.25) is 0 Å². The molecule has 2 rings (SSSR count). The Bertz CT molecular complexity index is 996. The van der Waals surface area contributed by atoms with Crippen molar-refractivity contribution >= 4 is 28.8 Å². The number of amides is 1. The third-order valence-electron chi connectivity index (χ3n) is 4.09. The number of aromatic nitrogens is 2. The first-order chi connectivity index (χ1) is 13.3. The summed E-state index contributed by atoms with van der Waals surface area (Å²) in [6.07, 6.45) is 1.52. The summed E-state index contributed by atoms with van der Waals surface area (Å²) < 4.78 is 1.25. The first-order valence-electron chi connectivity index (χ1n) is 8.63. The predicted octanol–water partition coefficient (Wildman–Crippen LogP) is 0.902. The van der Waals surface area contributed by atoms with E-state index in [1.54, 1.807) is 6.07 Å². The van der Waals surface area contributed by atoms with Gasteiger partial charge >= 0.3 is 5.69 Å². The second-order valence-electron chi connectivity index (χ2n) is 6.18.